The second kappa shape index (κ2) is 5.32. The first kappa shape index (κ1) is 11.5. The molecule has 0 amide bonds. The van der Waals surface area contributed by atoms with Gasteiger partial charge in [0.1, 0.15) is 6.04 Å². The first-order valence-corrected chi connectivity index (χ1v) is 5.12. The molecule has 3 atom stereocenters. The molecule has 3 unspecified atom stereocenters. The Morgan fingerprint density at radius 2 is 2.36 bits per heavy atom. The minimum Gasteiger partial charge on any atom is -0.468 e. The molecular weight excluding hydrogens is 182 g/mol. The van der Waals surface area contributed by atoms with Crippen molar-refractivity contribution in [1.82, 2.24) is 5.32 Å². The summed E-state index contributed by atoms with van der Waals surface area (Å²) in [6.45, 7) is 2.57. The Bertz CT molecular complexity index is 196. The topological polar surface area (TPSA) is 58.6 Å². The van der Waals surface area contributed by atoms with Crippen molar-refractivity contribution >= 4 is 5.97 Å². The maximum Gasteiger partial charge on any atom is 0.322 e. The highest BCUT2D eigenvalue weighted by molar-refractivity contribution is 5.75. The third-order valence-corrected chi connectivity index (χ3v) is 2.78. The van der Waals surface area contributed by atoms with E-state index in [1.165, 1.54) is 7.11 Å². The molecule has 0 aromatic heterocycles. The van der Waals surface area contributed by atoms with Crippen LogP contribution < -0.4 is 5.32 Å². The maximum atomic E-state index is 11.0. The van der Waals surface area contributed by atoms with Gasteiger partial charge >= 0.3 is 5.97 Å². The van der Waals surface area contributed by atoms with Gasteiger partial charge in [-0.3, -0.25) is 4.79 Å². The number of aliphatic hydroxyl groups excluding tert-OH is 1. The van der Waals surface area contributed by atoms with Crippen molar-refractivity contribution in [2.45, 2.75) is 38.3 Å². The van der Waals surface area contributed by atoms with Crippen LogP contribution in [0.5, 0.6) is 0 Å². The lowest BCUT2D eigenvalue weighted by atomic mass is 10.1. The summed E-state index contributed by atoms with van der Waals surface area (Å²) in [5.74, 6) is 0.264. The van der Waals surface area contributed by atoms with Crippen molar-refractivity contribution in [2.75, 3.05) is 13.7 Å². The first-order valence-electron chi connectivity index (χ1n) is 5.12. The molecule has 0 radical (unpaired) electrons. The molecule has 4 nitrogen and oxygen atoms in total. The normalized spacial score (nSPS) is 28.8. The van der Waals surface area contributed by atoms with Crippen LogP contribution in [0.2, 0.25) is 0 Å². The fraction of sp³-hybridized carbons (Fsp3) is 0.900. The number of ether oxygens (including phenoxy) is 1. The lowest BCUT2D eigenvalue weighted by molar-refractivity contribution is -0.142. The average Bonchev–Trinajstić information content (AvgIpc) is 2.59. The minimum absolute atomic E-state index is 0.143. The van der Waals surface area contributed by atoms with Gasteiger partial charge in [0.15, 0.2) is 0 Å². The Morgan fingerprint density at radius 1 is 1.64 bits per heavy atom. The standard InChI is InChI=1S/C10H19NO3/c1-7(10(13)14-2)11-6-8-3-4-9(12)5-8/h7-9,11-12H,3-6H2,1-2H3. The summed E-state index contributed by atoms with van der Waals surface area (Å²) in [6.07, 6.45) is 2.64. The monoisotopic (exact) mass is 201 g/mol. The van der Waals surface area contributed by atoms with E-state index in [0.717, 1.165) is 25.8 Å². The molecule has 1 aliphatic carbocycles. The molecule has 0 aromatic carbocycles. The molecule has 0 heterocycles. The van der Waals surface area contributed by atoms with Crippen molar-refractivity contribution in [2.24, 2.45) is 5.92 Å². The lowest BCUT2D eigenvalue weighted by Gasteiger charge is -2.14. The first-order chi connectivity index (χ1) is 6.63. The summed E-state index contributed by atoms with van der Waals surface area (Å²) in [6, 6.07) is -0.252. The van der Waals surface area contributed by atoms with E-state index in [2.05, 4.69) is 10.1 Å². The highest BCUT2D eigenvalue weighted by atomic mass is 16.5. The second-order valence-electron chi connectivity index (χ2n) is 3.99. The van der Waals surface area contributed by atoms with Crippen LogP contribution in [0.25, 0.3) is 0 Å². The summed E-state index contributed by atoms with van der Waals surface area (Å²) in [5.41, 5.74) is 0. The molecule has 14 heavy (non-hydrogen) atoms. The molecule has 82 valence electrons. The zero-order chi connectivity index (χ0) is 10.6. The molecule has 2 N–H and O–H groups in total. The molecule has 0 spiro atoms. The van der Waals surface area contributed by atoms with Gasteiger partial charge in [-0.05, 0) is 38.6 Å². The Kier molecular flexibility index (Phi) is 4.35. The lowest BCUT2D eigenvalue weighted by Crippen LogP contribution is -2.37. The largest absolute Gasteiger partial charge is 0.468 e. The van der Waals surface area contributed by atoms with Crippen molar-refractivity contribution in [3.63, 3.8) is 0 Å². The second-order valence-corrected chi connectivity index (χ2v) is 3.99. The number of carbonyl (C=O) groups is 1. The summed E-state index contributed by atoms with van der Waals surface area (Å²) in [7, 11) is 1.39. The molecule has 1 rings (SSSR count). The predicted octanol–water partition coefficient (Wildman–Crippen LogP) is 0.298. The molecule has 0 aromatic rings. The summed E-state index contributed by atoms with van der Waals surface area (Å²) >= 11 is 0. The quantitative estimate of drug-likeness (QED) is 0.642. The average molecular weight is 201 g/mol. The Morgan fingerprint density at radius 3 is 2.86 bits per heavy atom. The molecule has 0 bridgehead atoms. The summed E-state index contributed by atoms with van der Waals surface area (Å²) in [5, 5.41) is 12.4. The Labute approximate surface area is 84.6 Å². The van der Waals surface area contributed by atoms with E-state index in [0.29, 0.717) is 5.92 Å². The van der Waals surface area contributed by atoms with Crippen LogP contribution in [-0.4, -0.2) is 36.9 Å². The van der Waals surface area contributed by atoms with Crippen LogP contribution in [0.4, 0.5) is 0 Å². The van der Waals surface area contributed by atoms with E-state index in [-0.39, 0.29) is 18.1 Å². The van der Waals surface area contributed by atoms with Gasteiger partial charge < -0.3 is 15.2 Å². The summed E-state index contributed by atoms with van der Waals surface area (Å²) < 4.78 is 4.60. The van der Waals surface area contributed by atoms with Gasteiger partial charge in [0.25, 0.3) is 0 Å². The van der Waals surface area contributed by atoms with Gasteiger partial charge in [-0.2, -0.15) is 0 Å². The van der Waals surface area contributed by atoms with Gasteiger partial charge in [-0.25, -0.2) is 0 Å². The molecule has 1 saturated carbocycles. The number of rotatable bonds is 4. The van der Waals surface area contributed by atoms with E-state index in [1.54, 1.807) is 6.92 Å². The molecular formula is C10H19NO3. The van der Waals surface area contributed by atoms with Crippen molar-refractivity contribution in [1.29, 1.82) is 0 Å². The van der Waals surface area contributed by atoms with Gasteiger partial charge in [-0.15, -0.1) is 0 Å². The fourth-order valence-electron chi connectivity index (χ4n) is 1.84. The minimum atomic E-state index is -0.252. The molecule has 0 saturated heterocycles. The predicted molar refractivity (Wildman–Crippen MR) is 52.8 cm³/mol. The SMILES string of the molecule is COC(=O)C(C)NCC1CCC(O)C1. The Hall–Kier alpha value is -0.610. The number of hydrogen-bond acceptors (Lipinski definition) is 4. The van der Waals surface area contributed by atoms with Crippen LogP contribution in [-0.2, 0) is 9.53 Å². The number of carbonyl (C=O) groups excluding carboxylic acids is 1. The van der Waals surface area contributed by atoms with Gasteiger partial charge in [-0.1, -0.05) is 0 Å². The third kappa shape index (κ3) is 3.27. The fourth-order valence-corrected chi connectivity index (χ4v) is 1.84. The van der Waals surface area contributed by atoms with Gasteiger partial charge in [0.05, 0.1) is 13.2 Å². The molecule has 4 heteroatoms. The molecule has 1 fully saturated rings. The zero-order valence-electron chi connectivity index (χ0n) is 8.82. The van der Waals surface area contributed by atoms with E-state index in [1.807, 2.05) is 0 Å². The maximum absolute atomic E-state index is 11.0. The van der Waals surface area contributed by atoms with Crippen LogP contribution in [0.15, 0.2) is 0 Å². The number of nitrogens with one attached hydrogen (secondary N) is 1. The summed E-state index contributed by atoms with van der Waals surface area (Å²) in [4.78, 5) is 11.0. The van der Waals surface area contributed by atoms with Crippen molar-refractivity contribution < 1.29 is 14.6 Å². The molecule has 1 aliphatic rings. The van der Waals surface area contributed by atoms with E-state index < -0.39 is 0 Å². The highest BCUT2D eigenvalue weighted by Crippen LogP contribution is 2.24. The van der Waals surface area contributed by atoms with Crippen LogP contribution in [0.3, 0.4) is 0 Å². The number of aliphatic hydroxyl groups is 1. The van der Waals surface area contributed by atoms with E-state index in [4.69, 9.17) is 0 Å². The zero-order valence-corrected chi connectivity index (χ0v) is 8.82. The van der Waals surface area contributed by atoms with Crippen LogP contribution >= 0.6 is 0 Å². The smallest absolute Gasteiger partial charge is 0.322 e. The van der Waals surface area contributed by atoms with Gasteiger partial charge in [0, 0.05) is 0 Å². The van der Waals surface area contributed by atoms with Crippen LogP contribution in [0, 0.1) is 5.92 Å². The number of hydrogen-bond donors (Lipinski definition) is 2. The van der Waals surface area contributed by atoms with Crippen molar-refractivity contribution in [3.05, 3.63) is 0 Å². The highest BCUT2D eigenvalue weighted by Gasteiger charge is 2.23. The number of esters is 1. The third-order valence-electron chi connectivity index (χ3n) is 2.78. The van der Waals surface area contributed by atoms with E-state index >= 15 is 0 Å². The number of methoxy groups -OCH3 is 1. The van der Waals surface area contributed by atoms with Crippen molar-refractivity contribution in [3.8, 4) is 0 Å². The van der Waals surface area contributed by atoms with Crippen LogP contribution in [0.1, 0.15) is 26.2 Å². The van der Waals surface area contributed by atoms with Gasteiger partial charge in [0.2, 0.25) is 0 Å². The van der Waals surface area contributed by atoms with E-state index in [9.17, 15) is 9.90 Å². The molecule has 0 aliphatic heterocycles. The Balaban J connectivity index is 2.17.